The van der Waals surface area contributed by atoms with Gasteiger partial charge in [-0.15, -0.1) is 0 Å². The van der Waals surface area contributed by atoms with E-state index in [0.717, 1.165) is 19.3 Å². The van der Waals surface area contributed by atoms with Crippen molar-refractivity contribution in [3.8, 4) is 0 Å². The Morgan fingerprint density at radius 2 is 2.11 bits per heavy atom. The Bertz CT molecular complexity index is 345. The number of carbonyl (C=O) groups is 2. The third-order valence-corrected chi connectivity index (χ3v) is 4.27. The largest absolute Gasteiger partial charge is 0.353 e. The van der Waals surface area contributed by atoms with E-state index < -0.39 is 0 Å². The van der Waals surface area contributed by atoms with Gasteiger partial charge in [0.15, 0.2) is 0 Å². The molecule has 0 bridgehead atoms. The molecule has 3 N–H and O–H groups in total. The molecule has 2 fully saturated rings. The SMILES string of the molecule is CC1CCC(N)C(C(=O)N2CCNC(=O)C2C)C1. The lowest BCUT2D eigenvalue weighted by Crippen LogP contribution is -2.59. The topological polar surface area (TPSA) is 75.4 Å². The Morgan fingerprint density at radius 3 is 2.83 bits per heavy atom. The van der Waals surface area contributed by atoms with Gasteiger partial charge >= 0.3 is 0 Å². The number of nitrogens with one attached hydrogen (secondary N) is 1. The van der Waals surface area contributed by atoms with E-state index in [0.29, 0.717) is 19.0 Å². The van der Waals surface area contributed by atoms with Crippen LogP contribution < -0.4 is 11.1 Å². The molecule has 0 aromatic carbocycles. The molecule has 1 aliphatic carbocycles. The van der Waals surface area contributed by atoms with Gasteiger partial charge < -0.3 is 16.0 Å². The highest BCUT2D eigenvalue weighted by Gasteiger charge is 2.38. The number of rotatable bonds is 1. The molecule has 5 heteroatoms. The summed E-state index contributed by atoms with van der Waals surface area (Å²) in [6, 6.07) is -0.415. The average Bonchev–Trinajstić information content (AvgIpc) is 2.35. The van der Waals surface area contributed by atoms with E-state index in [-0.39, 0.29) is 29.8 Å². The lowest BCUT2D eigenvalue weighted by atomic mass is 9.78. The van der Waals surface area contributed by atoms with Crippen LogP contribution in [-0.2, 0) is 9.59 Å². The summed E-state index contributed by atoms with van der Waals surface area (Å²) in [7, 11) is 0. The van der Waals surface area contributed by atoms with Gasteiger partial charge in [-0.25, -0.2) is 0 Å². The Labute approximate surface area is 108 Å². The molecule has 4 atom stereocenters. The van der Waals surface area contributed by atoms with Crippen LogP contribution in [0.5, 0.6) is 0 Å². The van der Waals surface area contributed by atoms with E-state index in [4.69, 9.17) is 5.73 Å². The van der Waals surface area contributed by atoms with Crippen molar-refractivity contribution in [2.75, 3.05) is 13.1 Å². The van der Waals surface area contributed by atoms with Crippen LogP contribution in [0.1, 0.15) is 33.1 Å². The fourth-order valence-corrected chi connectivity index (χ4v) is 2.98. The van der Waals surface area contributed by atoms with Crippen molar-refractivity contribution in [1.29, 1.82) is 0 Å². The third-order valence-electron chi connectivity index (χ3n) is 4.27. The van der Waals surface area contributed by atoms with Gasteiger partial charge in [0.2, 0.25) is 11.8 Å². The Hall–Kier alpha value is -1.10. The first-order valence-electron chi connectivity index (χ1n) is 6.84. The second-order valence-electron chi connectivity index (χ2n) is 5.69. The molecule has 0 aromatic heterocycles. The van der Waals surface area contributed by atoms with E-state index in [9.17, 15) is 9.59 Å². The molecule has 2 amide bonds. The summed E-state index contributed by atoms with van der Waals surface area (Å²) in [4.78, 5) is 25.8. The highest BCUT2D eigenvalue weighted by Crippen LogP contribution is 2.30. The molecule has 2 rings (SSSR count). The molecule has 0 spiro atoms. The second-order valence-corrected chi connectivity index (χ2v) is 5.69. The summed E-state index contributed by atoms with van der Waals surface area (Å²) in [6.07, 6.45) is 2.86. The van der Waals surface area contributed by atoms with Gasteiger partial charge in [0, 0.05) is 19.1 Å². The predicted octanol–water partition coefficient (Wildman–Crippen LogP) is 0.0968. The van der Waals surface area contributed by atoms with Gasteiger partial charge in [-0.05, 0) is 32.1 Å². The van der Waals surface area contributed by atoms with Crippen molar-refractivity contribution < 1.29 is 9.59 Å². The summed E-state index contributed by atoms with van der Waals surface area (Å²) in [6.45, 7) is 5.10. The van der Waals surface area contributed by atoms with E-state index in [1.807, 2.05) is 0 Å². The summed E-state index contributed by atoms with van der Waals surface area (Å²) in [5, 5.41) is 2.78. The normalized spacial score (nSPS) is 37.3. The van der Waals surface area contributed by atoms with Gasteiger partial charge in [-0.2, -0.15) is 0 Å². The maximum atomic E-state index is 12.5. The van der Waals surface area contributed by atoms with Gasteiger partial charge in [0.25, 0.3) is 0 Å². The van der Waals surface area contributed by atoms with Crippen molar-refractivity contribution in [2.45, 2.75) is 45.2 Å². The fraction of sp³-hybridized carbons (Fsp3) is 0.846. The van der Waals surface area contributed by atoms with Crippen LogP contribution in [0.3, 0.4) is 0 Å². The highest BCUT2D eigenvalue weighted by atomic mass is 16.2. The molecule has 18 heavy (non-hydrogen) atoms. The smallest absolute Gasteiger partial charge is 0.242 e. The summed E-state index contributed by atoms with van der Waals surface area (Å²) in [5.74, 6) is 0.443. The minimum Gasteiger partial charge on any atom is -0.353 e. The van der Waals surface area contributed by atoms with Crippen LogP contribution in [0.4, 0.5) is 0 Å². The van der Waals surface area contributed by atoms with Crippen molar-refractivity contribution >= 4 is 11.8 Å². The quantitative estimate of drug-likeness (QED) is 0.696. The maximum absolute atomic E-state index is 12.5. The standard InChI is InChI=1S/C13H23N3O2/c1-8-3-4-11(14)10(7-8)13(18)16-6-5-15-12(17)9(16)2/h8-11H,3-7,14H2,1-2H3,(H,15,17). The van der Waals surface area contributed by atoms with Crippen molar-refractivity contribution in [3.05, 3.63) is 0 Å². The second kappa shape index (κ2) is 5.26. The first kappa shape index (κ1) is 13.3. The van der Waals surface area contributed by atoms with Gasteiger partial charge in [0.05, 0.1) is 5.92 Å². The molecule has 0 radical (unpaired) electrons. The number of hydrogen-bond acceptors (Lipinski definition) is 3. The van der Waals surface area contributed by atoms with Gasteiger partial charge in [0.1, 0.15) is 6.04 Å². The number of carbonyl (C=O) groups excluding carboxylic acids is 2. The van der Waals surface area contributed by atoms with E-state index in [1.165, 1.54) is 0 Å². The monoisotopic (exact) mass is 253 g/mol. The van der Waals surface area contributed by atoms with Gasteiger partial charge in [-0.1, -0.05) is 6.92 Å². The first-order valence-corrected chi connectivity index (χ1v) is 6.84. The first-order chi connectivity index (χ1) is 8.50. The van der Waals surface area contributed by atoms with Crippen LogP contribution in [0.2, 0.25) is 0 Å². The van der Waals surface area contributed by atoms with Crippen molar-refractivity contribution in [2.24, 2.45) is 17.6 Å². The molecule has 1 saturated heterocycles. The van der Waals surface area contributed by atoms with E-state index in [1.54, 1.807) is 11.8 Å². The summed E-state index contributed by atoms with van der Waals surface area (Å²) in [5.41, 5.74) is 6.08. The zero-order chi connectivity index (χ0) is 13.3. The molecular weight excluding hydrogens is 230 g/mol. The highest BCUT2D eigenvalue weighted by molar-refractivity contribution is 5.89. The average molecular weight is 253 g/mol. The number of piperazine rings is 1. The third kappa shape index (κ3) is 2.51. The van der Waals surface area contributed by atoms with Crippen LogP contribution in [0, 0.1) is 11.8 Å². The predicted molar refractivity (Wildman–Crippen MR) is 68.7 cm³/mol. The minimum absolute atomic E-state index is 0.0501. The lowest BCUT2D eigenvalue weighted by molar-refractivity contribution is -0.147. The zero-order valence-electron chi connectivity index (χ0n) is 11.2. The zero-order valence-corrected chi connectivity index (χ0v) is 11.2. The van der Waals surface area contributed by atoms with E-state index in [2.05, 4.69) is 12.2 Å². The minimum atomic E-state index is -0.365. The molecule has 1 heterocycles. The molecule has 2 aliphatic rings. The van der Waals surface area contributed by atoms with Crippen LogP contribution in [0.25, 0.3) is 0 Å². The molecule has 4 unspecified atom stereocenters. The van der Waals surface area contributed by atoms with Crippen LogP contribution in [-0.4, -0.2) is 41.9 Å². The Morgan fingerprint density at radius 1 is 1.39 bits per heavy atom. The molecule has 5 nitrogen and oxygen atoms in total. The number of nitrogens with zero attached hydrogens (tertiary/aromatic N) is 1. The molecular formula is C13H23N3O2. The number of amides is 2. The maximum Gasteiger partial charge on any atom is 0.242 e. The Kier molecular flexibility index (Phi) is 3.90. The van der Waals surface area contributed by atoms with Crippen LogP contribution in [0.15, 0.2) is 0 Å². The van der Waals surface area contributed by atoms with Gasteiger partial charge in [-0.3, -0.25) is 9.59 Å². The Balaban J connectivity index is 2.07. The van der Waals surface area contributed by atoms with Crippen LogP contribution >= 0.6 is 0 Å². The van der Waals surface area contributed by atoms with E-state index >= 15 is 0 Å². The lowest BCUT2D eigenvalue weighted by Gasteiger charge is -2.39. The van der Waals surface area contributed by atoms with Crippen molar-refractivity contribution in [1.82, 2.24) is 10.2 Å². The molecule has 1 saturated carbocycles. The summed E-state index contributed by atoms with van der Waals surface area (Å²) >= 11 is 0. The molecule has 102 valence electrons. The number of nitrogens with two attached hydrogens (primary N) is 1. The number of hydrogen-bond donors (Lipinski definition) is 2. The van der Waals surface area contributed by atoms with Crippen molar-refractivity contribution in [3.63, 3.8) is 0 Å². The molecule has 1 aliphatic heterocycles. The summed E-state index contributed by atoms with van der Waals surface area (Å²) < 4.78 is 0. The fourth-order valence-electron chi connectivity index (χ4n) is 2.98. The molecule has 0 aromatic rings.